The summed E-state index contributed by atoms with van der Waals surface area (Å²) in [6, 6.07) is 13.2. The minimum Gasteiger partial charge on any atom is -0.419 e. The predicted molar refractivity (Wildman–Crippen MR) is 117 cm³/mol. The molecule has 1 aromatic heterocycles. The van der Waals surface area contributed by atoms with Crippen LogP contribution in [-0.4, -0.2) is 54.0 Å². The second kappa shape index (κ2) is 8.58. The van der Waals surface area contributed by atoms with Crippen molar-refractivity contribution in [2.45, 2.75) is 25.3 Å². The van der Waals surface area contributed by atoms with Crippen LogP contribution in [0.15, 0.2) is 56.2 Å². The molecule has 0 radical (unpaired) electrons. The molecule has 0 atom stereocenters. The Hall–Kier alpha value is -2.07. The molecule has 0 saturated carbocycles. The molecular formula is C21H23BrN4O3S. The standard InChI is InChI=1S/C21H23BrN4O3S/c1-15-6-7-16(2)19(12-15)30(27,28)26-10-8-25(9-11-26)14-20-23-24-21(29-20)17-4-3-5-18(22)13-17/h3-7,12-13H,8-11,14H2,1-2H3. The summed E-state index contributed by atoms with van der Waals surface area (Å²) in [5.74, 6) is 0.998. The van der Waals surface area contributed by atoms with Crippen molar-refractivity contribution >= 4 is 26.0 Å². The lowest BCUT2D eigenvalue weighted by Gasteiger charge is -2.33. The smallest absolute Gasteiger partial charge is 0.247 e. The fourth-order valence-corrected chi connectivity index (χ4v) is 5.63. The molecule has 0 amide bonds. The highest BCUT2D eigenvalue weighted by atomic mass is 79.9. The van der Waals surface area contributed by atoms with Gasteiger partial charge in [-0.25, -0.2) is 8.42 Å². The van der Waals surface area contributed by atoms with Gasteiger partial charge in [-0.15, -0.1) is 10.2 Å². The van der Waals surface area contributed by atoms with Crippen molar-refractivity contribution in [1.29, 1.82) is 0 Å². The van der Waals surface area contributed by atoms with Gasteiger partial charge in [-0.05, 0) is 49.2 Å². The third-order valence-electron chi connectivity index (χ3n) is 5.19. The summed E-state index contributed by atoms with van der Waals surface area (Å²) in [5, 5.41) is 8.28. The van der Waals surface area contributed by atoms with Gasteiger partial charge in [0.25, 0.3) is 0 Å². The maximum Gasteiger partial charge on any atom is 0.247 e. The van der Waals surface area contributed by atoms with Gasteiger partial charge in [-0.3, -0.25) is 4.90 Å². The molecule has 0 unspecified atom stereocenters. The van der Waals surface area contributed by atoms with Crippen molar-refractivity contribution in [1.82, 2.24) is 19.4 Å². The largest absolute Gasteiger partial charge is 0.419 e. The predicted octanol–water partition coefficient (Wildman–Crippen LogP) is 3.62. The molecule has 0 spiro atoms. The fraction of sp³-hybridized carbons (Fsp3) is 0.333. The molecule has 1 saturated heterocycles. The number of aryl methyl sites for hydroxylation is 2. The third-order valence-corrected chi connectivity index (χ3v) is 7.72. The fourth-order valence-electron chi connectivity index (χ4n) is 3.50. The molecule has 0 aliphatic carbocycles. The van der Waals surface area contributed by atoms with Crippen molar-refractivity contribution in [3.63, 3.8) is 0 Å². The van der Waals surface area contributed by atoms with Gasteiger partial charge in [0, 0.05) is 36.2 Å². The average molecular weight is 491 g/mol. The van der Waals surface area contributed by atoms with Gasteiger partial charge < -0.3 is 4.42 Å². The zero-order valence-electron chi connectivity index (χ0n) is 16.9. The lowest BCUT2D eigenvalue weighted by Crippen LogP contribution is -2.48. The first-order chi connectivity index (χ1) is 14.3. The molecule has 1 aliphatic heterocycles. The van der Waals surface area contributed by atoms with Crippen LogP contribution >= 0.6 is 15.9 Å². The van der Waals surface area contributed by atoms with Gasteiger partial charge in [-0.1, -0.05) is 34.1 Å². The van der Waals surface area contributed by atoms with Crippen molar-refractivity contribution in [3.8, 4) is 11.5 Å². The summed E-state index contributed by atoms with van der Waals surface area (Å²) in [7, 11) is -3.50. The first-order valence-corrected chi connectivity index (χ1v) is 11.9. The van der Waals surface area contributed by atoms with E-state index in [9.17, 15) is 8.42 Å². The first kappa shape index (κ1) is 21.2. The Balaban J connectivity index is 1.40. The zero-order valence-corrected chi connectivity index (χ0v) is 19.3. The van der Waals surface area contributed by atoms with Crippen LogP contribution in [0.25, 0.3) is 11.5 Å². The molecular weight excluding hydrogens is 468 g/mol. The van der Waals surface area contributed by atoms with Gasteiger partial charge in [0.05, 0.1) is 11.4 Å². The first-order valence-electron chi connectivity index (χ1n) is 9.71. The number of rotatable bonds is 5. The van der Waals surface area contributed by atoms with E-state index in [-0.39, 0.29) is 0 Å². The summed E-state index contributed by atoms with van der Waals surface area (Å²) in [4.78, 5) is 2.53. The maximum absolute atomic E-state index is 13.1. The average Bonchev–Trinajstić information content (AvgIpc) is 3.19. The number of hydrogen-bond acceptors (Lipinski definition) is 6. The number of nitrogens with zero attached hydrogens (tertiary/aromatic N) is 4. The van der Waals surface area contributed by atoms with E-state index in [2.05, 4.69) is 31.0 Å². The summed E-state index contributed by atoms with van der Waals surface area (Å²) in [5.41, 5.74) is 2.57. The number of benzene rings is 2. The van der Waals surface area contributed by atoms with Gasteiger partial charge >= 0.3 is 0 Å². The van der Waals surface area contributed by atoms with Crippen molar-refractivity contribution in [2.75, 3.05) is 26.2 Å². The van der Waals surface area contributed by atoms with E-state index in [1.165, 1.54) is 0 Å². The number of hydrogen-bond donors (Lipinski definition) is 0. The second-order valence-electron chi connectivity index (χ2n) is 7.46. The highest BCUT2D eigenvalue weighted by Gasteiger charge is 2.30. The van der Waals surface area contributed by atoms with Crippen LogP contribution in [0, 0.1) is 13.8 Å². The Kier molecular flexibility index (Phi) is 6.06. The Morgan fingerprint density at radius 2 is 1.80 bits per heavy atom. The number of piperazine rings is 1. The summed E-state index contributed by atoms with van der Waals surface area (Å²) < 4.78 is 34.5. The van der Waals surface area contributed by atoms with Gasteiger partial charge in [0.2, 0.25) is 21.8 Å². The quantitative estimate of drug-likeness (QED) is 0.543. The summed E-state index contributed by atoms with van der Waals surface area (Å²) in [6.45, 7) is 6.32. The van der Waals surface area contributed by atoms with E-state index in [1.54, 1.807) is 10.4 Å². The van der Waals surface area contributed by atoms with Crippen molar-refractivity contribution in [2.24, 2.45) is 0 Å². The SMILES string of the molecule is Cc1ccc(C)c(S(=O)(=O)N2CCN(Cc3nnc(-c4cccc(Br)c4)o3)CC2)c1. The molecule has 158 valence electrons. The highest BCUT2D eigenvalue weighted by Crippen LogP contribution is 2.24. The summed E-state index contributed by atoms with van der Waals surface area (Å²) in [6.07, 6.45) is 0. The monoisotopic (exact) mass is 490 g/mol. The van der Waals surface area contributed by atoms with Crippen LogP contribution in [0.3, 0.4) is 0 Å². The highest BCUT2D eigenvalue weighted by molar-refractivity contribution is 9.10. The van der Waals surface area contributed by atoms with Crippen molar-refractivity contribution in [3.05, 3.63) is 64.0 Å². The van der Waals surface area contributed by atoms with Crippen LogP contribution in [0.1, 0.15) is 17.0 Å². The molecule has 7 nitrogen and oxygen atoms in total. The van der Waals surface area contributed by atoms with Crippen LogP contribution < -0.4 is 0 Å². The zero-order chi connectivity index (χ0) is 21.3. The molecule has 3 aromatic rings. The van der Waals surface area contributed by atoms with E-state index in [4.69, 9.17) is 4.42 Å². The minimum atomic E-state index is -3.50. The summed E-state index contributed by atoms with van der Waals surface area (Å²) >= 11 is 3.44. The Morgan fingerprint density at radius 3 is 2.53 bits per heavy atom. The molecule has 0 N–H and O–H groups in total. The van der Waals surface area contributed by atoms with Crippen LogP contribution in [0.4, 0.5) is 0 Å². The van der Waals surface area contributed by atoms with Gasteiger partial charge in [-0.2, -0.15) is 4.31 Å². The van der Waals surface area contributed by atoms with Crippen molar-refractivity contribution < 1.29 is 12.8 Å². The van der Waals surface area contributed by atoms with Crippen LogP contribution in [0.5, 0.6) is 0 Å². The van der Waals surface area contributed by atoms with E-state index >= 15 is 0 Å². The van der Waals surface area contributed by atoms with Gasteiger partial charge in [0.15, 0.2) is 0 Å². The lowest BCUT2D eigenvalue weighted by molar-refractivity contribution is 0.168. The Labute approximate surface area is 184 Å². The molecule has 0 bridgehead atoms. The van der Waals surface area contributed by atoms with E-state index in [0.29, 0.717) is 49.4 Å². The molecule has 9 heteroatoms. The number of sulfonamides is 1. The molecule has 1 aliphatic rings. The molecule has 2 aromatic carbocycles. The van der Waals surface area contributed by atoms with E-state index in [0.717, 1.165) is 21.2 Å². The van der Waals surface area contributed by atoms with Crippen LogP contribution in [-0.2, 0) is 16.6 Å². The normalized spacial score (nSPS) is 16.1. The maximum atomic E-state index is 13.1. The van der Waals surface area contributed by atoms with Gasteiger partial charge in [0.1, 0.15) is 0 Å². The molecule has 30 heavy (non-hydrogen) atoms. The lowest BCUT2D eigenvalue weighted by atomic mass is 10.2. The molecule has 4 rings (SSSR count). The topological polar surface area (TPSA) is 79.5 Å². The Morgan fingerprint density at radius 1 is 1.03 bits per heavy atom. The van der Waals surface area contributed by atoms with Crippen LogP contribution in [0.2, 0.25) is 0 Å². The molecule has 1 fully saturated rings. The van der Waals surface area contributed by atoms with E-state index in [1.807, 2.05) is 50.2 Å². The number of halogens is 1. The number of aromatic nitrogens is 2. The van der Waals surface area contributed by atoms with E-state index < -0.39 is 10.0 Å². The molecule has 2 heterocycles. The Bertz CT molecular complexity index is 1150. The third kappa shape index (κ3) is 4.49. The second-order valence-corrected chi connectivity index (χ2v) is 10.3. The minimum absolute atomic E-state index is 0.395.